The van der Waals surface area contributed by atoms with Crippen molar-refractivity contribution in [3.63, 3.8) is 0 Å². The van der Waals surface area contributed by atoms with Gasteiger partial charge in [0, 0.05) is 12.7 Å². The molecule has 0 radical (unpaired) electrons. The Morgan fingerprint density at radius 3 is 2.25 bits per heavy atom. The van der Waals surface area contributed by atoms with Crippen molar-refractivity contribution in [2.24, 2.45) is 0 Å². The van der Waals surface area contributed by atoms with Crippen LogP contribution in [0, 0.1) is 12.7 Å². The molecule has 0 saturated heterocycles. The van der Waals surface area contributed by atoms with E-state index in [1.54, 1.807) is 0 Å². The Bertz CT molecular complexity index is 479. The van der Waals surface area contributed by atoms with Gasteiger partial charge in [-0.15, -0.1) is 0 Å². The van der Waals surface area contributed by atoms with Gasteiger partial charge in [-0.1, -0.05) is 6.07 Å². The van der Waals surface area contributed by atoms with Gasteiger partial charge in [-0.3, -0.25) is 0 Å². The Morgan fingerprint density at radius 1 is 1.25 bits per heavy atom. The van der Waals surface area contributed by atoms with Crippen molar-refractivity contribution in [2.75, 3.05) is 13.7 Å². The maximum absolute atomic E-state index is 13.4. The molecular formula is C13H14F4O3. The predicted octanol–water partition coefficient (Wildman–Crippen LogP) is 3.10. The number of hydrogen-bond acceptors (Lipinski definition) is 3. The van der Waals surface area contributed by atoms with Crippen LogP contribution in [0.15, 0.2) is 18.2 Å². The molecule has 0 amide bonds. The molecule has 1 atom stereocenters. The number of benzene rings is 1. The van der Waals surface area contributed by atoms with Gasteiger partial charge in [-0.25, -0.2) is 9.18 Å². The van der Waals surface area contributed by atoms with Gasteiger partial charge < -0.3 is 9.47 Å². The summed E-state index contributed by atoms with van der Waals surface area (Å²) in [4.78, 5) is 11.8. The molecule has 0 heterocycles. The molecule has 112 valence electrons. The van der Waals surface area contributed by atoms with Gasteiger partial charge in [-0.05, 0) is 31.5 Å². The lowest BCUT2D eigenvalue weighted by Gasteiger charge is -2.32. The van der Waals surface area contributed by atoms with Crippen LogP contribution in [0.4, 0.5) is 17.6 Å². The molecule has 0 spiro atoms. The van der Waals surface area contributed by atoms with E-state index in [0.29, 0.717) is 6.07 Å². The van der Waals surface area contributed by atoms with Crippen molar-refractivity contribution in [3.8, 4) is 0 Å². The first-order chi connectivity index (χ1) is 9.18. The summed E-state index contributed by atoms with van der Waals surface area (Å²) in [5.41, 5.74) is -3.76. The zero-order valence-electron chi connectivity index (χ0n) is 11.2. The van der Waals surface area contributed by atoms with Crippen molar-refractivity contribution in [3.05, 3.63) is 35.1 Å². The molecule has 7 heteroatoms. The third-order valence-electron chi connectivity index (χ3n) is 2.72. The first-order valence-corrected chi connectivity index (χ1v) is 5.75. The van der Waals surface area contributed by atoms with Crippen molar-refractivity contribution in [1.82, 2.24) is 0 Å². The molecule has 1 aromatic carbocycles. The van der Waals surface area contributed by atoms with Gasteiger partial charge in [0.25, 0.3) is 5.60 Å². The molecule has 0 saturated carbocycles. The fourth-order valence-corrected chi connectivity index (χ4v) is 1.89. The molecule has 0 aliphatic carbocycles. The van der Waals surface area contributed by atoms with E-state index < -0.39 is 29.1 Å². The molecule has 0 aromatic heterocycles. The normalized spacial score (nSPS) is 14.8. The molecule has 3 nitrogen and oxygen atoms in total. The lowest BCUT2D eigenvalue weighted by Crippen LogP contribution is -2.51. The van der Waals surface area contributed by atoms with Gasteiger partial charge in [0.2, 0.25) is 0 Å². The number of ether oxygens (including phenoxy) is 2. The second-order valence-electron chi connectivity index (χ2n) is 4.12. The SMILES string of the molecule is CCOC(=O)C(OC)(c1cc(C)cc(F)c1)C(F)(F)F. The fraction of sp³-hybridized carbons (Fsp3) is 0.462. The summed E-state index contributed by atoms with van der Waals surface area (Å²) < 4.78 is 62.3. The lowest BCUT2D eigenvalue weighted by molar-refractivity contribution is -0.276. The van der Waals surface area contributed by atoms with E-state index >= 15 is 0 Å². The van der Waals surface area contributed by atoms with Gasteiger partial charge in [0.05, 0.1) is 6.61 Å². The average molecular weight is 294 g/mol. The molecular weight excluding hydrogens is 280 g/mol. The van der Waals surface area contributed by atoms with Crippen molar-refractivity contribution < 1.29 is 31.8 Å². The topological polar surface area (TPSA) is 35.5 Å². The van der Waals surface area contributed by atoms with Crippen molar-refractivity contribution in [2.45, 2.75) is 25.6 Å². The second-order valence-corrected chi connectivity index (χ2v) is 4.12. The summed E-state index contributed by atoms with van der Waals surface area (Å²) in [6, 6.07) is 2.70. The lowest BCUT2D eigenvalue weighted by atomic mass is 9.91. The predicted molar refractivity (Wildman–Crippen MR) is 62.5 cm³/mol. The minimum atomic E-state index is -5.09. The molecule has 1 unspecified atom stereocenters. The van der Waals surface area contributed by atoms with Gasteiger partial charge in [-0.2, -0.15) is 13.2 Å². The molecule has 0 N–H and O–H groups in total. The monoisotopic (exact) mass is 294 g/mol. The van der Waals surface area contributed by atoms with E-state index in [-0.39, 0.29) is 12.2 Å². The number of rotatable bonds is 4. The van der Waals surface area contributed by atoms with E-state index in [2.05, 4.69) is 9.47 Å². The van der Waals surface area contributed by atoms with Crippen LogP contribution in [-0.4, -0.2) is 25.9 Å². The number of hydrogen-bond donors (Lipinski definition) is 0. The number of methoxy groups -OCH3 is 1. The van der Waals surface area contributed by atoms with Crippen LogP contribution in [0.2, 0.25) is 0 Å². The van der Waals surface area contributed by atoms with Crippen LogP contribution in [0.5, 0.6) is 0 Å². The Hall–Kier alpha value is -1.63. The molecule has 20 heavy (non-hydrogen) atoms. The fourth-order valence-electron chi connectivity index (χ4n) is 1.89. The van der Waals surface area contributed by atoms with Gasteiger partial charge >= 0.3 is 12.1 Å². The Morgan fingerprint density at radius 2 is 1.85 bits per heavy atom. The highest BCUT2D eigenvalue weighted by molar-refractivity contribution is 5.82. The molecule has 0 aliphatic rings. The number of halogens is 4. The number of esters is 1. The Balaban J connectivity index is 3.55. The summed E-state index contributed by atoms with van der Waals surface area (Å²) in [6.45, 7) is 2.52. The van der Waals surface area contributed by atoms with Crippen LogP contribution < -0.4 is 0 Å². The van der Waals surface area contributed by atoms with Crippen molar-refractivity contribution in [1.29, 1.82) is 0 Å². The maximum Gasteiger partial charge on any atom is 0.432 e. The van der Waals surface area contributed by atoms with E-state index in [9.17, 15) is 22.4 Å². The van der Waals surface area contributed by atoms with Crippen LogP contribution in [0.3, 0.4) is 0 Å². The molecule has 1 rings (SSSR count). The first-order valence-electron chi connectivity index (χ1n) is 5.75. The van der Waals surface area contributed by atoms with Gasteiger partial charge in [0.1, 0.15) is 5.82 Å². The molecule has 0 fully saturated rings. The number of carbonyl (C=O) groups excluding carboxylic acids is 1. The molecule has 0 aliphatic heterocycles. The van der Waals surface area contributed by atoms with E-state index in [1.165, 1.54) is 13.8 Å². The van der Waals surface area contributed by atoms with Crippen molar-refractivity contribution >= 4 is 5.97 Å². The standard InChI is InChI=1S/C13H14F4O3/c1-4-20-11(18)12(19-3,13(15,16)17)9-5-8(2)6-10(14)7-9/h5-7H,4H2,1-3H3. The minimum Gasteiger partial charge on any atom is -0.463 e. The summed E-state index contributed by atoms with van der Waals surface area (Å²) in [7, 11) is 0.727. The third-order valence-corrected chi connectivity index (χ3v) is 2.72. The van der Waals surface area contributed by atoms with Crippen LogP contribution in [-0.2, 0) is 19.9 Å². The second kappa shape index (κ2) is 5.78. The quantitative estimate of drug-likeness (QED) is 0.632. The average Bonchev–Trinajstić information content (AvgIpc) is 2.27. The highest BCUT2D eigenvalue weighted by Gasteiger charge is 2.64. The summed E-state index contributed by atoms with van der Waals surface area (Å²) in [5, 5.41) is 0. The maximum atomic E-state index is 13.4. The minimum absolute atomic E-state index is 0.231. The molecule has 0 bridgehead atoms. The number of carbonyl (C=O) groups is 1. The number of aryl methyl sites for hydroxylation is 1. The zero-order valence-corrected chi connectivity index (χ0v) is 11.2. The highest BCUT2D eigenvalue weighted by atomic mass is 19.4. The third kappa shape index (κ3) is 2.77. The van der Waals surface area contributed by atoms with E-state index in [0.717, 1.165) is 19.2 Å². The highest BCUT2D eigenvalue weighted by Crippen LogP contribution is 2.43. The number of alkyl halides is 3. The summed E-state index contributed by atoms with van der Waals surface area (Å²) >= 11 is 0. The van der Waals surface area contributed by atoms with Gasteiger partial charge in [0.15, 0.2) is 0 Å². The smallest absolute Gasteiger partial charge is 0.432 e. The van der Waals surface area contributed by atoms with Crippen LogP contribution in [0.1, 0.15) is 18.1 Å². The Kier molecular flexibility index (Phi) is 4.75. The van der Waals surface area contributed by atoms with Crippen LogP contribution in [0.25, 0.3) is 0 Å². The van der Waals surface area contributed by atoms with Crippen LogP contribution >= 0.6 is 0 Å². The summed E-state index contributed by atoms with van der Waals surface area (Å²) in [6.07, 6.45) is -5.09. The van der Waals surface area contributed by atoms with E-state index in [4.69, 9.17) is 0 Å². The molecule has 1 aromatic rings. The summed E-state index contributed by atoms with van der Waals surface area (Å²) in [5.74, 6) is -2.52. The van der Waals surface area contributed by atoms with E-state index in [1.807, 2.05) is 0 Å². The largest absolute Gasteiger partial charge is 0.463 e. The zero-order chi connectivity index (χ0) is 15.6. The Labute approximate surface area is 113 Å². The first kappa shape index (κ1) is 16.4.